The molecule has 2 rings (SSSR count). The molecule has 2 atom stereocenters. The third-order valence-corrected chi connectivity index (χ3v) is 4.07. The zero-order valence-electron chi connectivity index (χ0n) is 12.7. The predicted molar refractivity (Wildman–Crippen MR) is 84.4 cm³/mol. The lowest BCUT2D eigenvalue weighted by molar-refractivity contribution is 0.268. The van der Waals surface area contributed by atoms with Gasteiger partial charge >= 0.3 is 0 Å². The molecule has 1 nitrogen and oxygen atoms in total. The van der Waals surface area contributed by atoms with E-state index in [9.17, 15) is 0 Å². The second-order valence-electron chi connectivity index (χ2n) is 6.58. The van der Waals surface area contributed by atoms with Crippen molar-refractivity contribution in [3.8, 4) is 0 Å². The summed E-state index contributed by atoms with van der Waals surface area (Å²) in [5.41, 5.74) is 1.64. The Morgan fingerprint density at radius 1 is 0.895 bits per heavy atom. The Bertz CT molecular complexity index is 551. The van der Waals surface area contributed by atoms with Gasteiger partial charge in [-0.1, -0.05) is 57.2 Å². The van der Waals surface area contributed by atoms with E-state index in [0.717, 1.165) is 0 Å². The fourth-order valence-corrected chi connectivity index (χ4v) is 2.20. The summed E-state index contributed by atoms with van der Waals surface area (Å²) in [5, 5.41) is 6.33. The van der Waals surface area contributed by atoms with E-state index in [1.165, 1.54) is 16.3 Å². The van der Waals surface area contributed by atoms with E-state index in [4.69, 9.17) is 0 Å². The Morgan fingerprint density at radius 2 is 1.53 bits per heavy atom. The van der Waals surface area contributed by atoms with Gasteiger partial charge in [0.05, 0.1) is 0 Å². The van der Waals surface area contributed by atoms with Crippen molar-refractivity contribution in [2.24, 2.45) is 5.41 Å². The summed E-state index contributed by atoms with van der Waals surface area (Å²) in [4.78, 5) is 0. The highest BCUT2D eigenvalue weighted by Crippen LogP contribution is 2.24. The van der Waals surface area contributed by atoms with Crippen LogP contribution in [0.1, 0.15) is 46.2 Å². The molecule has 0 aliphatic carbocycles. The first-order valence-corrected chi connectivity index (χ1v) is 7.12. The van der Waals surface area contributed by atoms with E-state index in [1.807, 2.05) is 0 Å². The van der Waals surface area contributed by atoms with Crippen molar-refractivity contribution in [2.75, 3.05) is 0 Å². The van der Waals surface area contributed by atoms with Crippen LogP contribution < -0.4 is 5.32 Å². The molecule has 0 amide bonds. The Balaban J connectivity index is 2.19. The molecule has 0 heterocycles. The number of hydrogen-bond acceptors (Lipinski definition) is 1. The average molecular weight is 255 g/mol. The van der Waals surface area contributed by atoms with Gasteiger partial charge in [0.1, 0.15) is 0 Å². The maximum absolute atomic E-state index is 3.70. The molecule has 1 heteroatoms. The van der Waals surface area contributed by atoms with Crippen LogP contribution in [0.5, 0.6) is 0 Å². The molecule has 2 aromatic rings. The molecule has 1 N–H and O–H groups in total. The monoisotopic (exact) mass is 255 g/mol. The van der Waals surface area contributed by atoms with Crippen LogP contribution in [0.15, 0.2) is 42.5 Å². The number of rotatable bonds is 3. The Hall–Kier alpha value is -1.34. The van der Waals surface area contributed by atoms with Gasteiger partial charge in [-0.3, -0.25) is 0 Å². The molecule has 2 unspecified atom stereocenters. The second-order valence-corrected chi connectivity index (χ2v) is 6.58. The quantitative estimate of drug-likeness (QED) is 0.820. The average Bonchev–Trinajstić information content (AvgIpc) is 2.37. The molecular weight excluding hydrogens is 230 g/mol. The Kier molecular flexibility index (Phi) is 3.96. The van der Waals surface area contributed by atoms with Gasteiger partial charge < -0.3 is 5.32 Å². The SMILES string of the molecule is CC(NC(C)C(C)(C)C)c1ccc2ccccc2c1. The molecule has 19 heavy (non-hydrogen) atoms. The number of benzene rings is 2. The lowest BCUT2D eigenvalue weighted by Gasteiger charge is -2.31. The molecule has 0 fully saturated rings. The van der Waals surface area contributed by atoms with Crippen LogP contribution in [0.3, 0.4) is 0 Å². The first kappa shape index (κ1) is 14.1. The normalized spacial score (nSPS) is 15.4. The van der Waals surface area contributed by atoms with Crippen molar-refractivity contribution in [1.82, 2.24) is 5.32 Å². The van der Waals surface area contributed by atoms with E-state index >= 15 is 0 Å². The van der Waals surface area contributed by atoms with Gasteiger partial charge in [-0.2, -0.15) is 0 Å². The van der Waals surface area contributed by atoms with E-state index < -0.39 is 0 Å². The molecule has 0 radical (unpaired) electrons. The fraction of sp³-hybridized carbons (Fsp3) is 0.444. The summed E-state index contributed by atoms with van der Waals surface area (Å²) in [5.74, 6) is 0. The maximum Gasteiger partial charge on any atom is 0.0294 e. The van der Waals surface area contributed by atoms with E-state index in [-0.39, 0.29) is 5.41 Å². The Morgan fingerprint density at radius 3 is 2.16 bits per heavy atom. The largest absolute Gasteiger partial charge is 0.307 e. The van der Waals surface area contributed by atoms with Crippen LogP contribution >= 0.6 is 0 Å². The molecule has 0 aliphatic rings. The van der Waals surface area contributed by atoms with E-state index in [0.29, 0.717) is 12.1 Å². The van der Waals surface area contributed by atoms with Gasteiger partial charge in [-0.25, -0.2) is 0 Å². The molecule has 0 saturated carbocycles. The summed E-state index contributed by atoms with van der Waals surface area (Å²) < 4.78 is 0. The zero-order chi connectivity index (χ0) is 14.0. The fourth-order valence-electron chi connectivity index (χ4n) is 2.20. The van der Waals surface area contributed by atoms with Crippen LogP contribution in [-0.2, 0) is 0 Å². The van der Waals surface area contributed by atoms with Crippen molar-refractivity contribution in [3.63, 3.8) is 0 Å². The van der Waals surface area contributed by atoms with Crippen LogP contribution in [0.4, 0.5) is 0 Å². The minimum atomic E-state index is 0.283. The predicted octanol–water partition coefficient (Wildman–Crippen LogP) is 4.93. The van der Waals surface area contributed by atoms with Crippen molar-refractivity contribution in [1.29, 1.82) is 0 Å². The highest BCUT2D eigenvalue weighted by Gasteiger charge is 2.21. The summed E-state index contributed by atoms with van der Waals surface area (Å²) >= 11 is 0. The van der Waals surface area contributed by atoms with Crippen LogP contribution in [0.2, 0.25) is 0 Å². The lowest BCUT2D eigenvalue weighted by atomic mass is 9.87. The smallest absolute Gasteiger partial charge is 0.0294 e. The van der Waals surface area contributed by atoms with Crippen molar-refractivity contribution < 1.29 is 0 Å². The molecule has 2 aromatic carbocycles. The summed E-state index contributed by atoms with van der Waals surface area (Å²) in [6.45, 7) is 11.3. The van der Waals surface area contributed by atoms with E-state index in [2.05, 4.69) is 82.4 Å². The highest BCUT2D eigenvalue weighted by atomic mass is 15.0. The highest BCUT2D eigenvalue weighted by molar-refractivity contribution is 5.83. The first-order chi connectivity index (χ1) is 8.88. The minimum absolute atomic E-state index is 0.283. The third-order valence-electron chi connectivity index (χ3n) is 4.07. The second kappa shape index (κ2) is 5.34. The molecule has 102 valence electrons. The first-order valence-electron chi connectivity index (χ1n) is 7.12. The van der Waals surface area contributed by atoms with Gasteiger partial charge in [0.25, 0.3) is 0 Å². The third kappa shape index (κ3) is 3.36. The van der Waals surface area contributed by atoms with Crippen molar-refractivity contribution in [3.05, 3.63) is 48.0 Å². The summed E-state index contributed by atoms with van der Waals surface area (Å²) in [6, 6.07) is 16.1. The molecule has 0 bridgehead atoms. The standard InChI is InChI=1S/C18H25N/c1-13(19-14(2)18(3,4)5)16-11-10-15-8-6-7-9-17(15)12-16/h6-14,19H,1-5H3. The number of nitrogens with one attached hydrogen (secondary N) is 1. The van der Waals surface area contributed by atoms with Gasteiger partial charge in [-0.05, 0) is 41.7 Å². The minimum Gasteiger partial charge on any atom is -0.307 e. The molecular formula is C18H25N. The van der Waals surface area contributed by atoms with E-state index in [1.54, 1.807) is 0 Å². The molecule has 0 saturated heterocycles. The molecule has 0 aliphatic heterocycles. The molecule has 0 aromatic heterocycles. The summed E-state index contributed by atoms with van der Waals surface area (Å²) in [6.07, 6.45) is 0. The van der Waals surface area contributed by atoms with Crippen molar-refractivity contribution in [2.45, 2.75) is 46.7 Å². The van der Waals surface area contributed by atoms with Crippen molar-refractivity contribution >= 4 is 10.8 Å². The van der Waals surface area contributed by atoms with Gasteiger partial charge in [-0.15, -0.1) is 0 Å². The van der Waals surface area contributed by atoms with Gasteiger partial charge in [0.15, 0.2) is 0 Å². The van der Waals surface area contributed by atoms with Crippen LogP contribution in [0, 0.1) is 5.41 Å². The van der Waals surface area contributed by atoms with Crippen LogP contribution in [0.25, 0.3) is 10.8 Å². The molecule has 0 spiro atoms. The van der Waals surface area contributed by atoms with Gasteiger partial charge in [0, 0.05) is 12.1 Å². The topological polar surface area (TPSA) is 12.0 Å². The zero-order valence-corrected chi connectivity index (χ0v) is 12.7. The van der Waals surface area contributed by atoms with Gasteiger partial charge in [0.2, 0.25) is 0 Å². The van der Waals surface area contributed by atoms with Crippen LogP contribution in [-0.4, -0.2) is 6.04 Å². The summed E-state index contributed by atoms with van der Waals surface area (Å²) in [7, 11) is 0. The lowest BCUT2D eigenvalue weighted by Crippen LogP contribution is -2.39. The maximum atomic E-state index is 3.70. The number of fused-ring (bicyclic) bond motifs is 1. The number of hydrogen-bond donors (Lipinski definition) is 1. The Labute approximate surface area is 117 Å².